The van der Waals surface area contributed by atoms with Gasteiger partial charge in [-0.15, -0.1) is 0 Å². The fourth-order valence-corrected chi connectivity index (χ4v) is 2.20. The molecule has 1 unspecified atom stereocenters. The predicted molar refractivity (Wildman–Crippen MR) is 85.8 cm³/mol. The van der Waals surface area contributed by atoms with Gasteiger partial charge in [0.25, 0.3) is 5.91 Å². The van der Waals surface area contributed by atoms with Crippen LogP contribution in [0.4, 0.5) is 13.2 Å². The van der Waals surface area contributed by atoms with Crippen molar-refractivity contribution in [2.45, 2.75) is 19.1 Å². The maximum Gasteiger partial charge on any atom is 0.417 e. The van der Waals surface area contributed by atoms with Crippen molar-refractivity contribution in [3.8, 4) is 17.0 Å². The second kappa shape index (κ2) is 7.42. The maximum atomic E-state index is 13.3. The lowest BCUT2D eigenvalue weighted by Gasteiger charge is -2.15. The minimum Gasteiger partial charge on any atom is -0.494 e. The molecule has 1 aromatic heterocycles. The van der Waals surface area contributed by atoms with Crippen LogP contribution in [0.15, 0.2) is 36.4 Å². The van der Waals surface area contributed by atoms with Gasteiger partial charge in [-0.1, -0.05) is 18.2 Å². The standard InChI is InChI=1S/C17H15F3N2O4/c1-9(16(24)25)21-15(23)12-7-8-13(26-2)14(22-12)10-5-3-4-6-11(10)17(18,19)20/h3-9H,1-2H3,(H,21,23)(H,24,25). The van der Waals surface area contributed by atoms with Crippen LogP contribution in [0, 0.1) is 0 Å². The van der Waals surface area contributed by atoms with Gasteiger partial charge in [0, 0.05) is 5.56 Å². The highest BCUT2D eigenvalue weighted by Crippen LogP contribution is 2.39. The highest BCUT2D eigenvalue weighted by Gasteiger charge is 2.34. The van der Waals surface area contributed by atoms with Gasteiger partial charge < -0.3 is 15.2 Å². The Morgan fingerprint density at radius 1 is 1.19 bits per heavy atom. The van der Waals surface area contributed by atoms with E-state index in [2.05, 4.69) is 10.3 Å². The maximum absolute atomic E-state index is 13.3. The van der Waals surface area contributed by atoms with E-state index in [0.29, 0.717) is 0 Å². The predicted octanol–water partition coefficient (Wildman–Crippen LogP) is 2.98. The monoisotopic (exact) mass is 368 g/mol. The number of carboxylic acid groups (broad SMARTS) is 1. The molecule has 1 atom stereocenters. The molecular weight excluding hydrogens is 353 g/mol. The van der Waals surface area contributed by atoms with E-state index in [-0.39, 0.29) is 22.7 Å². The summed E-state index contributed by atoms with van der Waals surface area (Å²) in [6.45, 7) is 1.25. The molecule has 6 nitrogen and oxygen atoms in total. The molecule has 0 saturated heterocycles. The third-order valence-electron chi connectivity index (χ3n) is 3.52. The first-order chi connectivity index (χ1) is 12.1. The second-order valence-corrected chi connectivity index (χ2v) is 5.32. The molecule has 26 heavy (non-hydrogen) atoms. The van der Waals surface area contributed by atoms with E-state index in [4.69, 9.17) is 9.84 Å². The van der Waals surface area contributed by atoms with Gasteiger partial charge >= 0.3 is 12.1 Å². The zero-order chi connectivity index (χ0) is 19.5. The molecule has 138 valence electrons. The van der Waals surface area contributed by atoms with Crippen LogP contribution in [-0.4, -0.2) is 35.1 Å². The third-order valence-corrected chi connectivity index (χ3v) is 3.52. The summed E-state index contributed by atoms with van der Waals surface area (Å²) in [6.07, 6.45) is -4.63. The molecule has 0 saturated carbocycles. The van der Waals surface area contributed by atoms with Crippen molar-refractivity contribution in [2.75, 3.05) is 7.11 Å². The summed E-state index contributed by atoms with van der Waals surface area (Å²) in [6, 6.07) is 6.12. The van der Waals surface area contributed by atoms with Crippen LogP contribution in [-0.2, 0) is 11.0 Å². The van der Waals surface area contributed by atoms with Crippen molar-refractivity contribution in [1.82, 2.24) is 10.3 Å². The molecule has 2 aromatic rings. The quantitative estimate of drug-likeness (QED) is 0.847. The van der Waals surface area contributed by atoms with Crippen LogP contribution >= 0.6 is 0 Å². The number of hydrogen-bond acceptors (Lipinski definition) is 4. The molecule has 0 radical (unpaired) electrons. The number of nitrogens with one attached hydrogen (secondary N) is 1. The highest BCUT2D eigenvalue weighted by atomic mass is 19.4. The van der Waals surface area contributed by atoms with Crippen LogP contribution < -0.4 is 10.1 Å². The molecule has 0 aliphatic heterocycles. The van der Waals surface area contributed by atoms with Crippen molar-refractivity contribution < 1.29 is 32.6 Å². The van der Waals surface area contributed by atoms with E-state index in [9.17, 15) is 22.8 Å². The minimum absolute atomic E-state index is 0.0459. The van der Waals surface area contributed by atoms with Crippen LogP contribution in [0.5, 0.6) is 5.75 Å². The number of hydrogen-bond donors (Lipinski definition) is 2. The fraction of sp³-hybridized carbons (Fsp3) is 0.235. The van der Waals surface area contributed by atoms with E-state index in [0.717, 1.165) is 6.07 Å². The van der Waals surface area contributed by atoms with Crippen molar-refractivity contribution >= 4 is 11.9 Å². The summed E-state index contributed by atoms with van der Waals surface area (Å²) in [4.78, 5) is 26.9. The summed E-state index contributed by atoms with van der Waals surface area (Å²) >= 11 is 0. The molecule has 1 heterocycles. The summed E-state index contributed by atoms with van der Waals surface area (Å²) in [5.74, 6) is -2.03. The van der Waals surface area contributed by atoms with Crippen LogP contribution in [0.25, 0.3) is 11.3 Å². The van der Waals surface area contributed by atoms with E-state index >= 15 is 0 Å². The molecule has 1 aromatic carbocycles. The molecule has 0 fully saturated rings. The summed E-state index contributed by atoms with van der Waals surface area (Å²) < 4.78 is 44.9. The summed E-state index contributed by atoms with van der Waals surface area (Å²) in [5, 5.41) is 11.0. The Morgan fingerprint density at radius 3 is 2.42 bits per heavy atom. The largest absolute Gasteiger partial charge is 0.494 e. The lowest BCUT2D eigenvalue weighted by Crippen LogP contribution is -2.38. The Labute approximate surface area is 146 Å². The number of alkyl halides is 3. The highest BCUT2D eigenvalue weighted by molar-refractivity contribution is 5.95. The number of methoxy groups -OCH3 is 1. The number of pyridine rings is 1. The molecule has 0 aliphatic carbocycles. The smallest absolute Gasteiger partial charge is 0.417 e. The first kappa shape index (κ1) is 19.2. The molecule has 2 rings (SSSR count). The number of aromatic nitrogens is 1. The molecule has 0 spiro atoms. The number of carbonyl (C=O) groups is 2. The average molecular weight is 368 g/mol. The number of amides is 1. The Kier molecular flexibility index (Phi) is 5.49. The van der Waals surface area contributed by atoms with Gasteiger partial charge in [-0.2, -0.15) is 13.2 Å². The number of ether oxygens (including phenoxy) is 1. The minimum atomic E-state index is -4.63. The Morgan fingerprint density at radius 2 is 1.85 bits per heavy atom. The normalized spacial score (nSPS) is 12.3. The first-order valence-electron chi connectivity index (χ1n) is 7.40. The second-order valence-electron chi connectivity index (χ2n) is 5.32. The number of carboxylic acids is 1. The topological polar surface area (TPSA) is 88.5 Å². The molecule has 0 aliphatic rings. The molecule has 1 amide bonds. The molecule has 9 heteroatoms. The van der Waals surface area contributed by atoms with Gasteiger partial charge in [0.05, 0.1) is 12.7 Å². The number of halogens is 3. The van der Waals surface area contributed by atoms with Gasteiger partial charge in [-0.3, -0.25) is 9.59 Å². The third kappa shape index (κ3) is 4.11. The first-order valence-corrected chi connectivity index (χ1v) is 7.40. The van der Waals surface area contributed by atoms with Crippen molar-refractivity contribution in [3.63, 3.8) is 0 Å². The zero-order valence-corrected chi connectivity index (χ0v) is 13.8. The van der Waals surface area contributed by atoms with E-state index in [1.165, 1.54) is 44.4 Å². The number of rotatable bonds is 5. The Balaban J connectivity index is 2.53. The molecule has 0 bridgehead atoms. The number of aliphatic carboxylic acids is 1. The number of nitrogens with zero attached hydrogens (tertiary/aromatic N) is 1. The van der Waals surface area contributed by atoms with E-state index < -0.39 is 29.7 Å². The SMILES string of the molecule is COc1ccc(C(=O)NC(C)C(=O)O)nc1-c1ccccc1C(F)(F)F. The number of carbonyl (C=O) groups excluding carboxylic acids is 1. The molecule has 2 N–H and O–H groups in total. The van der Waals surface area contributed by atoms with Crippen LogP contribution in [0.1, 0.15) is 23.0 Å². The number of benzene rings is 1. The van der Waals surface area contributed by atoms with Gasteiger partial charge in [-0.05, 0) is 25.1 Å². The van der Waals surface area contributed by atoms with E-state index in [1.54, 1.807) is 0 Å². The summed E-state index contributed by atoms with van der Waals surface area (Å²) in [7, 11) is 1.27. The van der Waals surface area contributed by atoms with Gasteiger partial charge in [0.2, 0.25) is 0 Å². The van der Waals surface area contributed by atoms with Crippen LogP contribution in [0.2, 0.25) is 0 Å². The average Bonchev–Trinajstić information content (AvgIpc) is 2.60. The van der Waals surface area contributed by atoms with Gasteiger partial charge in [-0.25, -0.2) is 4.98 Å². The zero-order valence-electron chi connectivity index (χ0n) is 13.8. The molecular formula is C17H15F3N2O4. The Bertz CT molecular complexity index is 837. The van der Waals surface area contributed by atoms with Crippen LogP contribution in [0.3, 0.4) is 0 Å². The van der Waals surface area contributed by atoms with Crippen molar-refractivity contribution in [2.24, 2.45) is 0 Å². The van der Waals surface area contributed by atoms with Crippen molar-refractivity contribution in [3.05, 3.63) is 47.7 Å². The Hall–Kier alpha value is -3.10. The van der Waals surface area contributed by atoms with E-state index in [1.807, 2.05) is 0 Å². The van der Waals surface area contributed by atoms with Crippen molar-refractivity contribution in [1.29, 1.82) is 0 Å². The lowest BCUT2D eigenvalue weighted by atomic mass is 10.0. The lowest BCUT2D eigenvalue weighted by molar-refractivity contribution is -0.139. The van der Waals surface area contributed by atoms with Gasteiger partial charge in [0.15, 0.2) is 0 Å². The fourth-order valence-electron chi connectivity index (χ4n) is 2.20. The summed E-state index contributed by atoms with van der Waals surface area (Å²) in [5.41, 5.74) is -1.58. The van der Waals surface area contributed by atoms with Gasteiger partial charge in [0.1, 0.15) is 23.2 Å².